The summed E-state index contributed by atoms with van der Waals surface area (Å²) in [6.07, 6.45) is 1.54. The van der Waals surface area contributed by atoms with Crippen LogP contribution >= 0.6 is 11.8 Å². The Hall–Kier alpha value is -4.44. The molecule has 1 fully saturated rings. The molecule has 0 radical (unpaired) electrons. The third-order valence-electron chi connectivity index (χ3n) is 5.27. The molecule has 0 spiro atoms. The topological polar surface area (TPSA) is 105 Å². The minimum atomic E-state index is -0.586. The number of hydrogen-bond donors (Lipinski definition) is 2. The Morgan fingerprint density at radius 1 is 0.946 bits per heavy atom. The summed E-state index contributed by atoms with van der Waals surface area (Å²) in [5.41, 5.74) is 2.65. The molecule has 37 heavy (non-hydrogen) atoms. The molecule has 0 aromatic heterocycles. The monoisotopic (exact) mass is 519 g/mol. The van der Waals surface area contributed by atoms with Gasteiger partial charge in [0.05, 0.1) is 4.91 Å². The van der Waals surface area contributed by atoms with Gasteiger partial charge in [0.15, 0.2) is 6.61 Å². The lowest BCUT2D eigenvalue weighted by Crippen LogP contribution is -2.36. The number of rotatable bonds is 8. The van der Waals surface area contributed by atoms with Gasteiger partial charge in [-0.15, -0.1) is 0 Å². The molecule has 4 rings (SSSR count). The molecule has 3 aromatic rings. The van der Waals surface area contributed by atoms with E-state index in [2.05, 4.69) is 10.6 Å². The zero-order valence-electron chi connectivity index (χ0n) is 19.7. The summed E-state index contributed by atoms with van der Waals surface area (Å²) in [5.74, 6) is -1.45. The molecule has 0 unspecified atom stereocenters. The molecule has 0 atom stereocenters. The molecule has 3 aromatic carbocycles. The van der Waals surface area contributed by atoms with Crippen molar-refractivity contribution in [1.82, 2.24) is 4.90 Å². The van der Waals surface area contributed by atoms with Gasteiger partial charge in [-0.25, -0.2) is 4.39 Å². The van der Waals surface area contributed by atoms with E-state index in [0.717, 1.165) is 22.2 Å². The van der Waals surface area contributed by atoms with E-state index in [1.165, 1.54) is 30.3 Å². The molecule has 0 aliphatic carbocycles. The second kappa shape index (κ2) is 11.5. The maximum Gasteiger partial charge on any atom is 0.294 e. The maximum absolute atomic E-state index is 13.0. The van der Waals surface area contributed by atoms with Crippen LogP contribution in [0.4, 0.5) is 20.6 Å². The van der Waals surface area contributed by atoms with Crippen molar-refractivity contribution in [1.29, 1.82) is 0 Å². The first kappa shape index (κ1) is 25.6. The molecular formula is C27H22FN3O5S. The SMILES string of the molecule is Cc1ccccc1NC(=O)COc1ccc(/C=C2\SC(=O)N(CC(=O)Nc3ccc(F)cc3)C2=O)cc1. The van der Waals surface area contributed by atoms with Crippen LogP contribution in [0.3, 0.4) is 0 Å². The van der Waals surface area contributed by atoms with Crippen LogP contribution in [0.25, 0.3) is 6.08 Å². The number of carbonyl (C=O) groups is 4. The van der Waals surface area contributed by atoms with Crippen molar-refractivity contribution in [2.45, 2.75) is 6.92 Å². The summed E-state index contributed by atoms with van der Waals surface area (Å²) < 4.78 is 18.5. The Balaban J connectivity index is 1.31. The number of amides is 4. The molecule has 0 saturated carbocycles. The lowest BCUT2D eigenvalue weighted by molar-refractivity contribution is -0.127. The Kier molecular flexibility index (Phi) is 7.99. The van der Waals surface area contributed by atoms with Gasteiger partial charge in [-0.2, -0.15) is 0 Å². The molecule has 0 bridgehead atoms. The van der Waals surface area contributed by atoms with Crippen molar-refractivity contribution in [2.24, 2.45) is 0 Å². The van der Waals surface area contributed by atoms with Crippen molar-refractivity contribution in [3.63, 3.8) is 0 Å². The molecule has 1 saturated heterocycles. The van der Waals surface area contributed by atoms with Crippen LogP contribution in [-0.2, 0) is 14.4 Å². The van der Waals surface area contributed by atoms with Crippen LogP contribution in [-0.4, -0.2) is 41.0 Å². The number of nitrogens with one attached hydrogen (secondary N) is 2. The van der Waals surface area contributed by atoms with E-state index in [4.69, 9.17) is 4.74 Å². The van der Waals surface area contributed by atoms with Crippen LogP contribution in [0.5, 0.6) is 5.75 Å². The zero-order chi connectivity index (χ0) is 26.4. The predicted molar refractivity (Wildman–Crippen MR) is 139 cm³/mol. The average Bonchev–Trinajstić information content (AvgIpc) is 3.13. The highest BCUT2D eigenvalue weighted by atomic mass is 32.2. The second-order valence-electron chi connectivity index (χ2n) is 8.04. The summed E-state index contributed by atoms with van der Waals surface area (Å²) in [7, 11) is 0. The summed E-state index contributed by atoms with van der Waals surface area (Å²) in [5, 5.41) is 4.74. The third-order valence-corrected chi connectivity index (χ3v) is 6.18. The van der Waals surface area contributed by atoms with E-state index in [9.17, 15) is 23.6 Å². The summed E-state index contributed by atoms with van der Waals surface area (Å²) in [6.45, 7) is 1.26. The summed E-state index contributed by atoms with van der Waals surface area (Å²) >= 11 is 0.732. The molecule has 188 valence electrons. The molecule has 1 aliphatic heterocycles. The minimum absolute atomic E-state index is 0.172. The fraction of sp³-hybridized carbons (Fsp3) is 0.111. The first-order valence-electron chi connectivity index (χ1n) is 11.2. The highest BCUT2D eigenvalue weighted by molar-refractivity contribution is 8.18. The van der Waals surface area contributed by atoms with E-state index < -0.39 is 29.4 Å². The van der Waals surface area contributed by atoms with E-state index in [1.807, 2.05) is 31.2 Å². The largest absolute Gasteiger partial charge is 0.484 e. The predicted octanol–water partition coefficient (Wildman–Crippen LogP) is 4.83. The van der Waals surface area contributed by atoms with E-state index in [-0.39, 0.29) is 17.4 Å². The Morgan fingerprint density at radius 2 is 1.65 bits per heavy atom. The van der Waals surface area contributed by atoms with Crippen LogP contribution in [0.2, 0.25) is 0 Å². The number of benzene rings is 3. The Bertz CT molecular complexity index is 1370. The van der Waals surface area contributed by atoms with Gasteiger partial charge in [-0.05, 0) is 78.4 Å². The van der Waals surface area contributed by atoms with Gasteiger partial charge in [-0.1, -0.05) is 30.3 Å². The van der Waals surface area contributed by atoms with Gasteiger partial charge >= 0.3 is 0 Å². The van der Waals surface area contributed by atoms with Crippen molar-refractivity contribution in [2.75, 3.05) is 23.8 Å². The van der Waals surface area contributed by atoms with E-state index >= 15 is 0 Å². The highest BCUT2D eigenvalue weighted by Gasteiger charge is 2.36. The van der Waals surface area contributed by atoms with E-state index in [1.54, 1.807) is 24.3 Å². The Labute approximate surface area is 216 Å². The number of carbonyl (C=O) groups excluding carboxylic acids is 4. The first-order chi connectivity index (χ1) is 17.8. The van der Waals surface area contributed by atoms with Gasteiger partial charge in [0.2, 0.25) is 5.91 Å². The van der Waals surface area contributed by atoms with Crippen LogP contribution in [0.1, 0.15) is 11.1 Å². The summed E-state index contributed by atoms with van der Waals surface area (Å²) in [4.78, 5) is 50.4. The van der Waals surface area contributed by atoms with Gasteiger partial charge in [-0.3, -0.25) is 24.1 Å². The molecule has 10 heteroatoms. The van der Waals surface area contributed by atoms with Gasteiger partial charge < -0.3 is 15.4 Å². The van der Waals surface area contributed by atoms with Crippen molar-refractivity contribution in [3.05, 3.63) is 94.6 Å². The second-order valence-corrected chi connectivity index (χ2v) is 9.04. The van der Waals surface area contributed by atoms with Crippen molar-refractivity contribution < 1.29 is 28.3 Å². The molecule has 1 heterocycles. The number of thioether (sulfide) groups is 1. The van der Waals surface area contributed by atoms with Gasteiger partial charge in [0.25, 0.3) is 17.1 Å². The lowest BCUT2D eigenvalue weighted by Gasteiger charge is -2.12. The number of anilines is 2. The van der Waals surface area contributed by atoms with Crippen molar-refractivity contribution in [3.8, 4) is 5.75 Å². The van der Waals surface area contributed by atoms with E-state index in [0.29, 0.717) is 22.7 Å². The lowest BCUT2D eigenvalue weighted by atomic mass is 10.2. The fourth-order valence-corrected chi connectivity index (χ4v) is 4.21. The molecule has 2 N–H and O–H groups in total. The molecule has 1 aliphatic rings. The molecule has 4 amide bonds. The number of nitrogens with zero attached hydrogens (tertiary/aromatic N) is 1. The standard InChI is InChI=1S/C27H22FN3O5S/c1-17-4-2-3-5-22(17)30-25(33)16-36-21-12-6-18(7-13-21)14-23-26(34)31(27(35)37-23)15-24(32)29-20-10-8-19(28)9-11-20/h2-14H,15-16H2,1H3,(H,29,32)(H,30,33)/b23-14-. The zero-order valence-corrected chi connectivity index (χ0v) is 20.5. The fourth-order valence-electron chi connectivity index (χ4n) is 3.37. The summed E-state index contributed by atoms with van der Waals surface area (Å²) in [6, 6.07) is 19.2. The number of hydrogen-bond acceptors (Lipinski definition) is 6. The van der Waals surface area contributed by atoms with Crippen LogP contribution < -0.4 is 15.4 Å². The average molecular weight is 520 g/mol. The maximum atomic E-state index is 13.0. The minimum Gasteiger partial charge on any atom is -0.484 e. The van der Waals surface area contributed by atoms with Crippen LogP contribution in [0.15, 0.2) is 77.7 Å². The Morgan fingerprint density at radius 3 is 2.35 bits per heavy atom. The number of imide groups is 1. The van der Waals surface area contributed by atoms with Gasteiger partial charge in [0.1, 0.15) is 18.1 Å². The molecule has 8 nitrogen and oxygen atoms in total. The quantitative estimate of drug-likeness (QED) is 0.413. The normalized spacial score (nSPS) is 14.1. The van der Waals surface area contributed by atoms with Crippen molar-refractivity contribution >= 4 is 52.2 Å². The molecular weight excluding hydrogens is 497 g/mol. The third kappa shape index (κ3) is 6.83. The smallest absolute Gasteiger partial charge is 0.294 e. The number of para-hydroxylation sites is 1. The highest BCUT2D eigenvalue weighted by Crippen LogP contribution is 2.32. The first-order valence-corrected chi connectivity index (χ1v) is 12.0. The van der Waals surface area contributed by atoms with Crippen LogP contribution in [0, 0.1) is 12.7 Å². The number of aryl methyl sites for hydroxylation is 1. The number of ether oxygens (including phenoxy) is 1. The number of halogens is 1. The van der Waals surface area contributed by atoms with Gasteiger partial charge in [0, 0.05) is 11.4 Å².